The summed E-state index contributed by atoms with van der Waals surface area (Å²) >= 11 is 0.161. The molecule has 0 saturated carbocycles. The second kappa shape index (κ2) is 7.83. The fourth-order valence-corrected chi connectivity index (χ4v) is 2.42. The van der Waals surface area contributed by atoms with Crippen LogP contribution >= 0.6 is 11.3 Å². The SMILES string of the molecule is COc1ccc(/C=C(/C#N)C(=O)Nc2nnc(C(F)(F)F)s2)cc1OC. The number of rotatable bonds is 5. The Morgan fingerprint density at radius 2 is 1.96 bits per heavy atom. The number of hydrogen-bond donors (Lipinski definition) is 1. The molecule has 0 fully saturated rings. The molecular formula is C15H11F3N4O3S. The van der Waals surface area contributed by atoms with Crippen LogP contribution < -0.4 is 14.8 Å². The van der Waals surface area contributed by atoms with Gasteiger partial charge in [0.15, 0.2) is 11.5 Å². The van der Waals surface area contributed by atoms with E-state index in [1.165, 1.54) is 26.4 Å². The van der Waals surface area contributed by atoms with E-state index in [0.29, 0.717) is 17.1 Å². The maximum Gasteiger partial charge on any atom is 0.445 e. The van der Waals surface area contributed by atoms with Crippen molar-refractivity contribution in [2.75, 3.05) is 19.5 Å². The van der Waals surface area contributed by atoms with Crippen LogP contribution in [0.1, 0.15) is 10.6 Å². The zero-order chi connectivity index (χ0) is 19.3. The Morgan fingerprint density at radius 1 is 1.27 bits per heavy atom. The van der Waals surface area contributed by atoms with E-state index in [2.05, 4.69) is 15.5 Å². The molecule has 1 aromatic carbocycles. The third kappa shape index (κ3) is 4.48. The summed E-state index contributed by atoms with van der Waals surface area (Å²) in [6.45, 7) is 0. The van der Waals surface area contributed by atoms with E-state index in [1.807, 2.05) is 0 Å². The highest BCUT2D eigenvalue weighted by Crippen LogP contribution is 2.33. The minimum absolute atomic E-state index is 0.161. The molecular weight excluding hydrogens is 373 g/mol. The second-order valence-electron chi connectivity index (χ2n) is 4.65. The molecule has 1 heterocycles. The van der Waals surface area contributed by atoms with Crippen LogP contribution in [0.3, 0.4) is 0 Å². The molecule has 0 aliphatic heterocycles. The smallest absolute Gasteiger partial charge is 0.445 e. The molecule has 1 aromatic heterocycles. The molecule has 0 atom stereocenters. The van der Waals surface area contributed by atoms with Crippen molar-refractivity contribution in [2.24, 2.45) is 0 Å². The van der Waals surface area contributed by atoms with Crippen LogP contribution in [0.4, 0.5) is 18.3 Å². The summed E-state index contributed by atoms with van der Waals surface area (Å²) in [6, 6.07) is 6.39. The number of anilines is 1. The van der Waals surface area contributed by atoms with Gasteiger partial charge < -0.3 is 9.47 Å². The maximum absolute atomic E-state index is 12.5. The van der Waals surface area contributed by atoms with Crippen LogP contribution in [0.25, 0.3) is 6.08 Å². The lowest BCUT2D eigenvalue weighted by Crippen LogP contribution is -2.13. The first kappa shape index (κ1) is 19.2. The van der Waals surface area contributed by atoms with Crippen molar-refractivity contribution in [3.8, 4) is 17.6 Å². The molecule has 26 heavy (non-hydrogen) atoms. The largest absolute Gasteiger partial charge is 0.493 e. The fourth-order valence-electron chi connectivity index (χ4n) is 1.81. The zero-order valence-electron chi connectivity index (χ0n) is 13.4. The standard InChI is InChI=1S/C15H11F3N4O3S/c1-24-10-4-3-8(6-11(10)25-2)5-9(7-19)12(23)20-14-22-21-13(26-14)15(16,17)18/h3-6H,1-2H3,(H,20,22,23)/b9-5-. The van der Waals surface area contributed by atoms with E-state index in [1.54, 1.807) is 18.2 Å². The number of methoxy groups -OCH3 is 2. The number of amides is 1. The third-order valence-corrected chi connectivity index (χ3v) is 3.86. The molecule has 2 aromatic rings. The molecule has 0 unspecified atom stereocenters. The van der Waals surface area contributed by atoms with E-state index in [9.17, 15) is 18.0 Å². The maximum atomic E-state index is 12.5. The van der Waals surface area contributed by atoms with Gasteiger partial charge in [-0.2, -0.15) is 18.4 Å². The van der Waals surface area contributed by atoms with Crippen LogP contribution in [0.15, 0.2) is 23.8 Å². The number of nitrogens with zero attached hydrogens (tertiary/aromatic N) is 3. The van der Waals surface area contributed by atoms with Crippen LogP contribution in [0.2, 0.25) is 0 Å². The predicted molar refractivity (Wildman–Crippen MR) is 86.7 cm³/mol. The number of carbonyl (C=O) groups excluding carboxylic acids is 1. The van der Waals surface area contributed by atoms with Crippen LogP contribution in [0.5, 0.6) is 11.5 Å². The summed E-state index contributed by atoms with van der Waals surface area (Å²) in [5.74, 6) is -0.0637. The number of aromatic nitrogens is 2. The Hall–Kier alpha value is -3.13. The summed E-state index contributed by atoms with van der Waals surface area (Å²) in [5.41, 5.74) is 0.128. The second-order valence-corrected chi connectivity index (χ2v) is 5.63. The number of ether oxygens (including phenoxy) is 2. The number of benzene rings is 1. The molecule has 7 nitrogen and oxygen atoms in total. The van der Waals surface area contributed by atoms with Gasteiger partial charge in [0.1, 0.15) is 11.6 Å². The van der Waals surface area contributed by atoms with Gasteiger partial charge in [-0.1, -0.05) is 17.4 Å². The van der Waals surface area contributed by atoms with Crippen molar-refractivity contribution in [1.82, 2.24) is 10.2 Å². The Balaban J connectivity index is 2.22. The summed E-state index contributed by atoms with van der Waals surface area (Å²) in [4.78, 5) is 12.1. The number of hydrogen-bond acceptors (Lipinski definition) is 7. The molecule has 2 rings (SSSR count). The lowest BCUT2D eigenvalue weighted by Gasteiger charge is -2.08. The lowest BCUT2D eigenvalue weighted by molar-refractivity contribution is -0.138. The van der Waals surface area contributed by atoms with Crippen molar-refractivity contribution in [2.45, 2.75) is 6.18 Å². The molecule has 0 saturated heterocycles. The first-order valence-electron chi connectivity index (χ1n) is 6.84. The number of halogens is 3. The van der Waals surface area contributed by atoms with Crippen molar-refractivity contribution in [3.63, 3.8) is 0 Å². The number of nitriles is 1. The topological polar surface area (TPSA) is 97.1 Å². The number of alkyl halides is 3. The van der Waals surface area contributed by atoms with Crippen molar-refractivity contribution >= 4 is 28.5 Å². The van der Waals surface area contributed by atoms with Gasteiger partial charge in [0, 0.05) is 0 Å². The van der Waals surface area contributed by atoms with Gasteiger partial charge in [-0.15, -0.1) is 10.2 Å². The summed E-state index contributed by atoms with van der Waals surface area (Å²) in [6.07, 6.45) is -3.41. The molecule has 136 valence electrons. The van der Waals surface area contributed by atoms with Crippen molar-refractivity contribution in [3.05, 3.63) is 34.3 Å². The van der Waals surface area contributed by atoms with Gasteiger partial charge in [-0.3, -0.25) is 10.1 Å². The zero-order valence-corrected chi connectivity index (χ0v) is 14.2. The van der Waals surface area contributed by atoms with E-state index in [-0.39, 0.29) is 22.0 Å². The Morgan fingerprint density at radius 3 is 2.50 bits per heavy atom. The summed E-state index contributed by atoms with van der Waals surface area (Å²) < 4.78 is 47.7. The van der Waals surface area contributed by atoms with Gasteiger partial charge >= 0.3 is 6.18 Å². The van der Waals surface area contributed by atoms with Crippen LogP contribution in [-0.4, -0.2) is 30.3 Å². The monoisotopic (exact) mass is 384 g/mol. The van der Waals surface area contributed by atoms with Gasteiger partial charge in [0.05, 0.1) is 14.2 Å². The highest BCUT2D eigenvalue weighted by molar-refractivity contribution is 7.15. The van der Waals surface area contributed by atoms with Gasteiger partial charge in [0.25, 0.3) is 5.91 Å². The predicted octanol–water partition coefficient (Wildman–Crippen LogP) is 3.12. The quantitative estimate of drug-likeness (QED) is 0.628. The van der Waals surface area contributed by atoms with Crippen LogP contribution in [0, 0.1) is 11.3 Å². The molecule has 0 spiro atoms. The molecule has 0 aliphatic rings. The number of nitrogens with one attached hydrogen (secondary N) is 1. The first-order valence-corrected chi connectivity index (χ1v) is 7.66. The van der Waals surface area contributed by atoms with Crippen LogP contribution in [-0.2, 0) is 11.0 Å². The lowest BCUT2D eigenvalue weighted by atomic mass is 10.1. The molecule has 1 N–H and O–H groups in total. The molecule has 1 amide bonds. The average molecular weight is 384 g/mol. The summed E-state index contributed by atoms with van der Waals surface area (Å²) in [5, 5.41) is 15.9. The Labute approximate surface area is 149 Å². The van der Waals surface area contributed by atoms with E-state index < -0.39 is 17.1 Å². The first-order chi connectivity index (χ1) is 12.3. The highest BCUT2D eigenvalue weighted by Gasteiger charge is 2.35. The summed E-state index contributed by atoms with van der Waals surface area (Å²) in [7, 11) is 2.88. The normalized spacial score (nSPS) is 11.6. The molecule has 0 bridgehead atoms. The van der Waals surface area contributed by atoms with E-state index in [4.69, 9.17) is 14.7 Å². The highest BCUT2D eigenvalue weighted by atomic mass is 32.1. The van der Waals surface area contributed by atoms with Crippen molar-refractivity contribution in [1.29, 1.82) is 5.26 Å². The van der Waals surface area contributed by atoms with E-state index >= 15 is 0 Å². The van der Waals surface area contributed by atoms with E-state index in [0.717, 1.165) is 0 Å². The Bertz CT molecular complexity index is 887. The Kier molecular flexibility index (Phi) is 5.78. The van der Waals surface area contributed by atoms with Crippen molar-refractivity contribution < 1.29 is 27.4 Å². The third-order valence-electron chi connectivity index (χ3n) is 2.97. The minimum atomic E-state index is -4.66. The van der Waals surface area contributed by atoms with Gasteiger partial charge in [-0.25, -0.2) is 0 Å². The molecule has 11 heteroatoms. The minimum Gasteiger partial charge on any atom is -0.493 e. The number of carbonyl (C=O) groups is 1. The van der Waals surface area contributed by atoms with Gasteiger partial charge in [0.2, 0.25) is 10.1 Å². The van der Waals surface area contributed by atoms with Gasteiger partial charge in [-0.05, 0) is 23.8 Å². The average Bonchev–Trinajstić information content (AvgIpc) is 3.08. The fraction of sp³-hybridized carbons (Fsp3) is 0.200. The molecule has 0 aliphatic carbocycles. The molecule has 0 radical (unpaired) electrons.